The third kappa shape index (κ3) is 3.96. The second kappa shape index (κ2) is 6.57. The van der Waals surface area contributed by atoms with Crippen molar-refractivity contribution in [1.82, 2.24) is 4.90 Å². The van der Waals surface area contributed by atoms with Gasteiger partial charge in [-0.3, -0.25) is 4.79 Å². The van der Waals surface area contributed by atoms with Crippen LogP contribution < -0.4 is 0 Å². The second-order valence-corrected chi connectivity index (χ2v) is 5.20. The van der Waals surface area contributed by atoms with Crippen molar-refractivity contribution in [2.45, 2.75) is 31.6 Å². The lowest BCUT2D eigenvalue weighted by atomic mass is 9.98. The van der Waals surface area contributed by atoms with Crippen molar-refractivity contribution in [1.29, 1.82) is 0 Å². The maximum atomic E-state index is 11.5. The summed E-state index contributed by atoms with van der Waals surface area (Å²) in [6, 6.07) is 6.59. The minimum absolute atomic E-state index is 0.125. The highest BCUT2D eigenvalue weighted by molar-refractivity contribution is 5.76. The molecule has 104 valence electrons. The van der Waals surface area contributed by atoms with Gasteiger partial charge in [-0.1, -0.05) is 25.0 Å². The molecule has 0 spiro atoms. The Morgan fingerprint density at radius 3 is 2.47 bits per heavy atom. The smallest absolute Gasteiger partial charge is 0.312 e. The van der Waals surface area contributed by atoms with Gasteiger partial charge in [0.05, 0.1) is 5.92 Å². The summed E-state index contributed by atoms with van der Waals surface area (Å²) in [5.41, 5.74) is 0.678. The molecule has 1 aliphatic heterocycles. The molecule has 2 rings (SSSR count). The van der Waals surface area contributed by atoms with Crippen LogP contribution in [0.25, 0.3) is 0 Å². The molecule has 0 saturated carbocycles. The molecule has 4 nitrogen and oxygen atoms in total. The van der Waals surface area contributed by atoms with E-state index in [-0.39, 0.29) is 5.75 Å². The van der Waals surface area contributed by atoms with Crippen molar-refractivity contribution in [3.8, 4) is 5.75 Å². The average Bonchev–Trinajstić information content (AvgIpc) is 2.64. The molecular formula is C15H21NO3. The zero-order valence-electron chi connectivity index (χ0n) is 11.1. The van der Waals surface area contributed by atoms with Crippen molar-refractivity contribution in [2.75, 3.05) is 19.6 Å². The van der Waals surface area contributed by atoms with Gasteiger partial charge < -0.3 is 15.1 Å². The largest absolute Gasteiger partial charge is 0.508 e. The first-order valence-electron chi connectivity index (χ1n) is 6.91. The number of carbonyl (C=O) groups is 1. The lowest BCUT2D eigenvalue weighted by Crippen LogP contribution is -2.32. The van der Waals surface area contributed by atoms with Crippen LogP contribution in [0.5, 0.6) is 5.75 Å². The van der Waals surface area contributed by atoms with Gasteiger partial charge in [0.25, 0.3) is 0 Å². The summed E-state index contributed by atoms with van der Waals surface area (Å²) < 4.78 is 0. The molecule has 1 aromatic rings. The fraction of sp³-hybridized carbons (Fsp3) is 0.533. The number of benzene rings is 1. The predicted molar refractivity (Wildman–Crippen MR) is 73.4 cm³/mol. The Kier molecular flexibility index (Phi) is 4.80. The second-order valence-electron chi connectivity index (χ2n) is 5.20. The zero-order chi connectivity index (χ0) is 13.7. The van der Waals surface area contributed by atoms with Gasteiger partial charge in [0, 0.05) is 6.54 Å². The number of nitrogens with zero attached hydrogens (tertiary/aromatic N) is 1. The number of rotatable bonds is 4. The minimum Gasteiger partial charge on any atom is -0.508 e. The summed E-state index contributed by atoms with van der Waals surface area (Å²) in [7, 11) is 0. The van der Waals surface area contributed by atoms with E-state index in [1.165, 1.54) is 12.8 Å². The van der Waals surface area contributed by atoms with Crippen molar-refractivity contribution < 1.29 is 15.0 Å². The van der Waals surface area contributed by atoms with E-state index < -0.39 is 11.9 Å². The standard InChI is InChI=1S/C15H21NO3/c17-13-7-5-6-12(10-13)14(15(18)19)11-16-8-3-1-2-4-9-16/h5-7,10,14,17H,1-4,8-9,11H2,(H,18,19). The fourth-order valence-corrected chi connectivity index (χ4v) is 2.64. The molecule has 1 atom stereocenters. The molecule has 4 heteroatoms. The van der Waals surface area contributed by atoms with E-state index in [4.69, 9.17) is 0 Å². The molecule has 0 aliphatic carbocycles. The van der Waals surface area contributed by atoms with Crippen LogP contribution in [0.2, 0.25) is 0 Å². The maximum Gasteiger partial charge on any atom is 0.312 e. The molecule has 2 N–H and O–H groups in total. The molecule has 1 saturated heterocycles. The van der Waals surface area contributed by atoms with E-state index >= 15 is 0 Å². The SMILES string of the molecule is O=C(O)C(CN1CCCCCC1)c1cccc(O)c1. The number of aromatic hydroxyl groups is 1. The molecule has 1 aliphatic rings. The topological polar surface area (TPSA) is 60.8 Å². The van der Waals surface area contributed by atoms with Crippen LogP contribution in [0.3, 0.4) is 0 Å². The third-order valence-electron chi connectivity index (χ3n) is 3.71. The lowest BCUT2D eigenvalue weighted by Gasteiger charge is -2.24. The van der Waals surface area contributed by atoms with Gasteiger partial charge in [0.2, 0.25) is 0 Å². The molecule has 0 radical (unpaired) electrons. The molecule has 19 heavy (non-hydrogen) atoms. The van der Waals surface area contributed by atoms with Crippen LogP contribution >= 0.6 is 0 Å². The van der Waals surface area contributed by atoms with Gasteiger partial charge in [-0.25, -0.2) is 0 Å². The molecule has 0 bridgehead atoms. The first-order valence-corrected chi connectivity index (χ1v) is 6.91. The summed E-state index contributed by atoms with van der Waals surface area (Å²) >= 11 is 0. The number of phenols is 1. The highest BCUT2D eigenvalue weighted by atomic mass is 16.4. The van der Waals surface area contributed by atoms with Crippen LogP contribution in [0.1, 0.15) is 37.2 Å². The number of phenolic OH excluding ortho intramolecular Hbond substituents is 1. The van der Waals surface area contributed by atoms with E-state index in [1.54, 1.807) is 24.3 Å². The van der Waals surface area contributed by atoms with Gasteiger partial charge in [-0.05, 0) is 43.6 Å². The van der Waals surface area contributed by atoms with Crippen molar-refractivity contribution in [2.24, 2.45) is 0 Å². The Bertz CT molecular complexity index is 425. The number of hydrogen-bond acceptors (Lipinski definition) is 3. The highest BCUT2D eigenvalue weighted by Gasteiger charge is 2.23. The van der Waals surface area contributed by atoms with Gasteiger partial charge in [-0.2, -0.15) is 0 Å². The number of hydrogen-bond donors (Lipinski definition) is 2. The summed E-state index contributed by atoms with van der Waals surface area (Å²) in [6.07, 6.45) is 4.76. The van der Waals surface area contributed by atoms with Crippen LogP contribution in [-0.4, -0.2) is 40.7 Å². The van der Waals surface area contributed by atoms with Gasteiger partial charge in [0.1, 0.15) is 5.75 Å². The summed E-state index contributed by atoms with van der Waals surface area (Å²) in [4.78, 5) is 13.7. The van der Waals surface area contributed by atoms with Gasteiger partial charge in [0.15, 0.2) is 0 Å². The Hall–Kier alpha value is -1.55. The normalized spacial score (nSPS) is 18.7. The van der Waals surface area contributed by atoms with E-state index in [0.717, 1.165) is 25.9 Å². The number of carboxylic acids is 1. The van der Waals surface area contributed by atoms with E-state index in [0.29, 0.717) is 12.1 Å². The third-order valence-corrected chi connectivity index (χ3v) is 3.71. The van der Waals surface area contributed by atoms with Crippen LogP contribution in [0, 0.1) is 0 Å². The van der Waals surface area contributed by atoms with Gasteiger partial charge >= 0.3 is 5.97 Å². The predicted octanol–water partition coefficient (Wildman–Crippen LogP) is 2.44. The maximum absolute atomic E-state index is 11.5. The molecule has 0 amide bonds. The van der Waals surface area contributed by atoms with Crippen molar-refractivity contribution in [3.63, 3.8) is 0 Å². The molecule has 1 heterocycles. The molecule has 0 aromatic heterocycles. The van der Waals surface area contributed by atoms with Crippen molar-refractivity contribution >= 4 is 5.97 Å². The van der Waals surface area contributed by atoms with E-state index in [2.05, 4.69) is 4.90 Å². The summed E-state index contributed by atoms with van der Waals surface area (Å²) in [6.45, 7) is 2.48. The quantitative estimate of drug-likeness (QED) is 0.876. The molecule has 1 unspecified atom stereocenters. The van der Waals surface area contributed by atoms with E-state index in [9.17, 15) is 15.0 Å². The fourth-order valence-electron chi connectivity index (χ4n) is 2.64. The monoisotopic (exact) mass is 263 g/mol. The Balaban J connectivity index is 2.09. The molecule has 1 fully saturated rings. The number of aliphatic carboxylic acids is 1. The summed E-state index contributed by atoms with van der Waals surface area (Å²) in [5.74, 6) is -1.26. The average molecular weight is 263 g/mol. The number of carboxylic acid groups (broad SMARTS) is 1. The Morgan fingerprint density at radius 2 is 1.89 bits per heavy atom. The highest BCUT2D eigenvalue weighted by Crippen LogP contribution is 2.23. The first kappa shape index (κ1) is 13.9. The Morgan fingerprint density at radius 1 is 1.21 bits per heavy atom. The zero-order valence-corrected chi connectivity index (χ0v) is 11.1. The summed E-state index contributed by atoms with van der Waals surface area (Å²) in [5, 5.41) is 18.9. The Labute approximate surface area is 113 Å². The van der Waals surface area contributed by atoms with E-state index in [1.807, 2.05) is 0 Å². The number of likely N-dealkylation sites (tertiary alicyclic amines) is 1. The lowest BCUT2D eigenvalue weighted by molar-refractivity contribution is -0.139. The molecule has 1 aromatic carbocycles. The van der Waals surface area contributed by atoms with Crippen LogP contribution in [0.4, 0.5) is 0 Å². The first-order chi connectivity index (χ1) is 9.16. The van der Waals surface area contributed by atoms with Crippen LogP contribution in [-0.2, 0) is 4.79 Å². The van der Waals surface area contributed by atoms with Crippen molar-refractivity contribution in [3.05, 3.63) is 29.8 Å². The minimum atomic E-state index is -0.824. The van der Waals surface area contributed by atoms with Gasteiger partial charge in [-0.15, -0.1) is 0 Å². The van der Waals surface area contributed by atoms with Crippen LogP contribution in [0.15, 0.2) is 24.3 Å². The molecular weight excluding hydrogens is 242 g/mol.